The lowest BCUT2D eigenvalue weighted by atomic mass is 10.2. The Kier molecular flexibility index (Phi) is 2.39. The number of nitrogens with one attached hydrogen (secondary N) is 2. The smallest absolute Gasteiger partial charge is 0.201 e. The fraction of sp³-hybridized carbons (Fsp3) is 0.364. The number of anilines is 1. The van der Waals surface area contributed by atoms with E-state index in [9.17, 15) is 0 Å². The minimum Gasteiger partial charge on any atom is -0.356 e. The van der Waals surface area contributed by atoms with Gasteiger partial charge in [-0.3, -0.25) is 0 Å². The second kappa shape index (κ2) is 3.70. The van der Waals surface area contributed by atoms with Crippen LogP contribution in [0.2, 0.25) is 0 Å². The summed E-state index contributed by atoms with van der Waals surface area (Å²) in [6, 6.07) is 8.04. The van der Waals surface area contributed by atoms with Crippen molar-refractivity contribution in [2.75, 3.05) is 11.9 Å². The molecular formula is C11H15N3. The van der Waals surface area contributed by atoms with Crippen molar-refractivity contribution in [3.63, 3.8) is 0 Å². The van der Waals surface area contributed by atoms with E-state index in [1.54, 1.807) is 0 Å². The molecule has 1 aromatic heterocycles. The summed E-state index contributed by atoms with van der Waals surface area (Å²) in [7, 11) is 0. The molecule has 2 rings (SSSR count). The van der Waals surface area contributed by atoms with Crippen molar-refractivity contribution in [2.24, 2.45) is 5.92 Å². The third kappa shape index (κ3) is 1.87. The molecule has 3 nitrogen and oxygen atoms in total. The predicted molar refractivity (Wildman–Crippen MR) is 59.4 cm³/mol. The van der Waals surface area contributed by atoms with Crippen LogP contribution in [0.15, 0.2) is 24.3 Å². The fourth-order valence-corrected chi connectivity index (χ4v) is 1.34. The van der Waals surface area contributed by atoms with Crippen LogP contribution in [0.3, 0.4) is 0 Å². The molecule has 0 bridgehead atoms. The van der Waals surface area contributed by atoms with Gasteiger partial charge < -0.3 is 10.3 Å². The summed E-state index contributed by atoms with van der Waals surface area (Å²) in [5.74, 6) is 1.49. The molecule has 0 spiro atoms. The first-order valence-corrected chi connectivity index (χ1v) is 4.94. The zero-order valence-electron chi connectivity index (χ0n) is 8.54. The van der Waals surface area contributed by atoms with E-state index in [0.29, 0.717) is 5.92 Å². The van der Waals surface area contributed by atoms with E-state index in [1.165, 1.54) is 0 Å². The number of imidazole rings is 1. The van der Waals surface area contributed by atoms with Gasteiger partial charge in [0.1, 0.15) is 0 Å². The Hall–Kier alpha value is -1.51. The van der Waals surface area contributed by atoms with Crippen molar-refractivity contribution in [2.45, 2.75) is 13.8 Å². The average Bonchev–Trinajstić information content (AvgIpc) is 2.57. The van der Waals surface area contributed by atoms with Crippen LogP contribution in [0.4, 0.5) is 5.95 Å². The van der Waals surface area contributed by atoms with Crippen LogP contribution < -0.4 is 5.32 Å². The molecule has 0 saturated heterocycles. The lowest BCUT2D eigenvalue weighted by molar-refractivity contribution is 0.686. The summed E-state index contributed by atoms with van der Waals surface area (Å²) in [5, 5.41) is 3.27. The molecule has 1 aromatic carbocycles. The number of hydrogen-bond acceptors (Lipinski definition) is 2. The molecule has 0 saturated carbocycles. The summed E-state index contributed by atoms with van der Waals surface area (Å²) >= 11 is 0. The van der Waals surface area contributed by atoms with E-state index in [0.717, 1.165) is 23.5 Å². The van der Waals surface area contributed by atoms with Gasteiger partial charge in [0.2, 0.25) is 5.95 Å². The molecule has 0 unspecified atom stereocenters. The Labute approximate surface area is 83.6 Å². The molecule has 2 aromatic rings. The number of hydrogen-bond donors (Lipinski definition) is 2. The van der Waals surface area contributed by atoms with Crippen molar-refractivity contribution in [1.82, 2.24) is 9.97 Å². The van der Waals surface area contributed by atoms with Crippen LogP contribution in [0, 0.1) is 5.92 Å². The minimum atomic E-state index is 0.628. The van der Waals surface area contributed by atoms with Crippen LogP contribution in [0.25, 0.3) is 11.0 Å². The highest BCUT2D eigenvalue weighted by molar-refractivity contribution is 5.77. The van der Waals surface area contributed by atoms with Gasteiger partial charge >= 0.3 is 0 Å². The highest BCUT2D eigenvalue weighted by atomic mass is 15.1. The predicted octanol–water partition coefficient (Wildman–Crippen LogP) is 2.63. The van der Waals surface area contributed by atoms with Gasteiger partial charge in [0.15, 0.2) is 0 Å². The summed E-state index contributed by atoms with van der Waals surface area (Å²) in [5.41, 5.74) is 2.09. The fourth-order valence-electron chi connectivity index (χ4n) is 1.34. The number of aromatic amines is 1. The molecule has 0 aliphatic carbocycles. The zero-order valence-corrected chi connectivity index (χ0v) is 8.54. The van der Waals surface area contributed by atoms with Crippen molar-refractivity contribution >= 4 is 17.0 Å². The van der Waals surface area contributed by atoms with Gasteiger partial charge in [-0.05, 0) is 18.1 Å². The minimum absolute atomic E-state index is 0.628. The molecule has 3 heteroatoms. The van der Waals surface area contributed by atoms with Gasteiger partial charge in [-0.2, -0.15) is 0 Å². The number of nitrogens with zero attached hydrogens (tertiary/aromatic N) is 1. The van der Waals surface area contributed by atoms with Gasteiger partial charge in [0, 0.05) is 6.54 Å². The van der Waals surface area contributed by atoms with Gasteiger partial charge in [-0.1, -0.05) is 26.0 Å². The number of aromatic nitrogens is 2. The van der Waals surface area contributed by atoms with Crippen molar-refractivity contribution in [3.8, 4) is 0 Å². The van der Waals surface area contributed by atoms with Crippen molar-refractivity contribution in [1.29, 1.82) is 0 Å². The molecule has 0 aliphatic rings. The molecule has 0 atom stereocenters. The topological polar surface area (TPSA) is 40.7 Å². The Morgan fingerprint density at radius 2 is 2.14 bits per heavy atom. The highest BCUT2D eigenvalue weighted by Crippen LogP contribution is 2.13. The van der Waals surface area contributed by atoms with Gasteiger partial charge in [0.25, 0.3) is 0 Å². The Bertz CT molecular complexity index is 384. The van der Waals surface area contributed by atoms with Crippen LogP contribution in [0.1, 0.15) is 13.8 Å². The maximum Gasteiger partial charge on any atom is 0.201 e. The highest BCUT2D eigenvalue weighted by Gasteiger charge is 2.01. The van der Waals surface area contributed by atoms with Gasteiger partial charge in [0.05, 0.1) is 11.0 Å². The monoisotopic (exact) mass is 189 g/mol. The van der Waals surface area contributed by atoms with Crippen LogP contribution in [-0.2, 0) is 0 Å². The Morgan fingerprint density at radius 1 is 1.36 bits per heavy atom. The van der Waals surface area contributed by atoms with Gasteiger partial charge in [-0.25, -0.2) is 4.98 Å². The quantitative estimate of drug-likeness (QED) is 0.779. The van der Waals surface area contributed by atoms with Crippen LogP contribution >= 0.6 is 0 Å². The maximum absolute atomic E-state index is 4.42. The molecular weight excluding hydrogens is 174 g/mol. The second-order valence-corrected chi connectivity index (χ2v) is 3.88. The SMILES string of the molecule is CC(C)CNc1nc2ccccc2[nH]1. The summed E-state index contributed by atoms with van der Waals surface area (Å²) < 4.78 is 0. The van der Waals surface area contributed by atoms with E-state index in [2.05, 4.69) is 29.1 Å². The molecule has 0 fully saturated rings. The Balaban J connectivity index is 2.19. The standard InChI is InChI=1S/C11H15N3/c1-8(2)7-12-11-13-9-5-3-4-6-10(9)14-11/h3-6,8H,7H2,1-2H3,(H2,12,13,14). The lowest BCUT2D eigenvalue weighted by Gasteiger charge is -2.04. The summed E-state index contributed by atoms with van der Waals surface area (Å²) in [4.78, 5) is 7.65. The third-order valence-corrected chi connectivity index (χ3v) is 2.07. The Morgan fingerprint density at radius 3 is 2.86 bits per heavy atom. The first kappa shape index (κ1) is 9.06. The van der Waals surface area contributed by atoms with Gasteiger partial charge in [-0.15, -0.1) is 0 Å². The zero-order chi connectivity index (χ0) is 9.97. The first-order chi connectivity index (χ1) is 6.75. The largest absolute Gasteiger partial charge is 0.356 e. The third-order valence-electron chi connectivity index (χ3n) is 2.07. The van der Waals surface area contributed by atoms with E-state index >= 15 is 0 Å². The summed E-state index contributed by atoms with van der Waals surface area (Å²) in [6.07, 6.45) is 0. The molecule has 1 heterocycles. The van der Waals surface area contributed by atoms with E-state index in [4.69, 9.17) is 0 Å². The molecule has 14 heavy (non-hydrogen) atoms. The molecule has 74 valence electrons. The summed E-state index contributed by atoms with van der Waals surface area (Å²) in [6.45, 7) is 5.30. The average molecular weight is 189 g/mol. The number of para-hydroxylation sites is 2. The molecule has 0 amide bonds. The first-order valence-electron chi connectivity index (χ1n) is 4.94. The van der Waals surface area contributed by atoms with E-state index in [1.807, 2.05) is 24.3 Å². The molecule has 2 N–H and O–H groups in total. The number of H-pyrrole nitrogens is 1. The van der Waals surface area contributed by atoms with E-state index in [-0.39, 0.29) is 0 Å². The lowest BCUT2D eigenvalue weighted by Crippen LogP contribution is -2.08. The second-order valence-electron chi connectivity index (χ2n) is 3.88. The maximum atomic E-state index is 4.42. The number of benzene rings is 1. The number of fused-ring (bicyclic) bond motifs is 1. The number of rotatable bonds is 3. The molecule has 0 radical (unpaired) electrons. The normalized spacial score (nSPS) is 11.1. The van der Waals surface area contributed by atoms with E-state index < -0.39 is 0 Å². The van der Waals surface area contributed by atoms with Crippen LogP contribution in [-0.4, -0.2) is 16.5 Å². The van der Waals surface area contributed by atoms with Crippen molar-refractivity contribution in [3.05, 3.63) is 24.3 Å². The molecule has 0 aliphatic heterocycles. The van der Waals surface area contributed by atoms with Crippen LogP contribution in [0.5, 0.6) is 0 Å². The van der Waals surface area contributed by atoms with Crippen molar-refractivity contribution < 1.29 is 0 Å².